The quantitative estimate of drug-likeness (QED) is 0.161. The first-order valence-corrected chi connectivity index (χ1v) is 17.6. The largest absolute Gasteiger partial charge is 0.496 e. The van der Waals surface area contributed by atoms with Crippen molar-refractivity contribution in [3.63, 3.8) is 0 Å². The van der Waals surface area contributed by atoms with Gasteiger partial charge in [-0.15, -0.1) is 0 Å². The molecule has 0 amide bonds. The predicted octanol–water partition coefficient (Wildman–Crippen LogP) is 7.64. The number of hydrogen-bond donors (Lipinski definition) is 1. The third kappa shape index (κ3) is 9.36. The van der Waals surface area contributed by atoms with Crippen LogP contribution in [-0.2, 0) is 9.47 Å². The standard InChI is InChI=1S/C41H50N4O8/c1-40(2,3)52-38(46)36-31(48-7)18-28(19-32(36)49-8)25-13-15-30(42-22-25)27-12-11-17-45(44-24-27)35-16-14-26(23-43-35)29-20-33(50-9)37(34(21-29)51-10)39(47)53-41(4,5)6/h13-16,18-23,27,44H,11-12,17,24H2,1-10H3. The summed E-state index contributed by atoms with van der Waals surface area (Å²) in [5.41, 5.74) is 6.98. The van der Waals surface area contributed by atoms with Crippen LogP contribution in [0.3, 0.4) is 0 Å². The highest BCUT2D eigenvalue weighted by Gasteiger charge is 2.28. The van der Waals surface area contributed by atoms with Gasteiger partial charge in [-0.1, -0.05) is 6.07 Å². The van der Waals surface area contributed by atoms with Crippen molar-refractivity contribution in [1.82, 2.24) is 15.4 Å². The van der Waals surface area contributed by atoms with E-state index in [9.17, 15) is 9.59 Å². The van der Waals surface area contributed by atoms with E-state index in [1.807, 2.05) is 72.0 Å². The molecule has 1 saturated heterocycles. The summed E-state index contributed by atoms with van der Waals surface area (Å²) in [4.78, 5) is 35.6. The number of nitrogens with one attached hydrogen (secondary N) is 1. The van der Waals surface area contributed by atoms with E-state index in [-0.39, 0.29) is 17.0 Å². The van der Waals surface area contributed by atoms with Gasteiger partial charge in [-0.05, 0) is 108 Å². The number of pyridine rings is 2. The molecule has 1 unspecified atom stereocenters. The monoisotopic (exact) mass is 726 g/mol. The number of anilines is 1. The van der Waals surface area contributed by atoms with E-state index in [2.05, 4.69) is 10.4 Å². The van der Waals surface area contributed by atoms with Gasteiger partial charge >= 0.3 is 11.9 Å². The highest BCUT2D eigenvalue weighted by atomic mass is 16.6. The number of carbonyl (C=O) groups is 2. The molecule has 282 valence electrons. The van der Waals surface area contributed by atoms with Crippen LogP contribution in [0, 0.1) is 0 Å². The highest BCUT2D eigenvalue weighted by Crippen LogP contribution is 2.38. The average molecular weight is 727 g/mol. The van der Waals surface area contributed by atoms with Crippen molar-refractivity contribution in [3.05, 3.63) is 77.7 Å². The van der Waals surface area contributed by atoms with E-state index in [0.717, 1.165) is 53.2 Å². The van der Waals surface area contributed by atoms with E-state index in [1.54, 1.807) is 30.5 Å². The number of benzene rings is 2. The summed E-state index contributed by atoms with van der Waals surface area (Å²) < 4.78 is 33.6. The van der Waals surface area contributed by atoms with E-state index in [1.165, 1.54) is 28.4 Å². The Morgan fingerprint density at radius 2 is 1.11 bits per heavy atom. The molecule has 5 rings (SSSR count). The van der Waals surface area contributed by atoms with Gasteiger partial charge in [0.15, 0.2) is 0 Å². The summed E-state index contributed by atoms with van der Waals surface area (Å²) in [7, 11) is 6.06. The van der Waals surface area contributed by atoms with E-state index in [4.69, 9.17) is 38.4 Å². The first-order chi connectivity index (χ1) is 25.1. The maximum absolute atomic E-state index is 13.0. The number of ether oxygens (including phenoxy) is 6. The topological polar surface area (TPSA) is 131 Å². The van der Waals surface area contributed by atoms with Crippen LogP contribution in [0.4, 0.5) is 5.82 Å². The Hall–Kier alpha value is -5.36. The van der Waals surface area contributed by atoms with Gasteiger partial charge in [0, 0.05) is 48.2 Å². The Bertz CT molecular complexity index is 1730. The van der Waals surface area contributed by atoms with Gasteiger partial charge in [0.05, 0.1) is 28.4 Å². The number of rotatable bonds is 10. The Balaban J connectivity index is 1.28. The van der Waals surface area contributed by atoms with Crippen LogP contribution in [0.25, 0.3) is 22.3 Å². The minimum Gasteiger partial charge on any atom is -0.496 e. The molecule has 53 heavy (non-hydrogen) atoms. The Labute approximate surface area is 311 Å². The minimum atomic E-state index is -0.668. The lowest BCUT2D eigenvalue weighted by molar-refractivity contribution is 0.00502. The van der Waals surface area contributed by atoms with Crippen LogP contribution < -0.4 is 29.4 Å². The average Bonchev–Trinajstić information content (AvgIpc) is 3.39. The van der Waals surface area contributed by atoms with Crippen molar-refractivity contribution in [1.29, 1.82) is 0 Å². The fourth-order valence-electron chi connectivity index (χ4n) is 6.10. The second kappa shape index (κ2) is 16.1. The summed E-state index contributed by atoms with van der Waals surface area (Å²) >= 11 is 0. The molecule has 12 nitrogen and oxygen atoms in total. The van der Waals surface area contributed by atoms with Crippen LogP contribution in [0.15, 0.2) is 60.9 Å². The Morgan fingerprint density at radius 3 is 1.49 bits per heavy atom. The van der Waals surface area contributed by atoms with Crippen molar-refractivity contribution in [2.45, 2.75) is 71.5 Å². The third-order valence-electron chi connectivity index (χ3n) is 8.58. The molecule has 2 aromatic heterocycles. The number of carbonyl (C=O) groups excluding carboxylic acids is 2. The molecule has 2 aromatic carbocycles. The predicted molar refractivity (Wildman–Crippen MR) is 203 cm³/mol. The Kier molecular flexibility index (Phi) is 11.8. The summed E-state index contributed by atoms with van der Waals surface area (Å²) in [6.07, 6.45) is 5.52. The molecule has 0 bridgehead atoms. The molecule has 0 aliphatic carbocycles. The molecule has 0 spiro atoms. The van der Waals surface area contributed by atoms with E-state index < -0.39 is 23.1 Å². The third-order valence-corrected chi connectivity index (χ3v) is 8.58. The van der Waals surface area contributed by atoms with Gasteiger partial charge in [-0.3, -0.25) is 9.99 Å². The normalized spacial score (nSPS) is 14.9. The number of nitrogens with zero attached hydrogens (tertiary/aromatic N) is 3. The van der Waals surface area contributed by atoms with Crippen LogP contribution in [-0.4, -0.2) is 74.6 Å². The number of esters is 2. The lowest BCUT2D eigenvalue weighted by Gasteiger charge is -2.23. The molecule has 12 heteroatoms. The molecular formula is C41H50N4O8. The van der Waals surface area contributed by atoms with E-state index >= 15 is 0 Å². The summed E-state index contributed by atoms with van der Waals surface area (Å²) in [6, 6.07) is 15.2. The smallest absolute Gasteiger partial charge is 0.346 e. The molecule has 0 saturated carbocycles. The summed E-state index contributed by atoms with van der Waals surface area (Å²) in [5.74, 6) is 1.39. The number of hydrogen-bond acceptors (Lipinski definition) is 12. The second-order valence-electron chi connectivity index (χ2n) is 14.7. The van der Waals surface area contributed by atoms with Gasteiger partial charge in [0.25, 0.3) is 0 Å². The SMILES string of the molecule is COc1cc(-c2ccc(C3CCCN(c4ccc(-c5cc(OC)c(C(=O)OC(C)(C)C)c(OC)c5)cn4)NC3)nc2)cc(OC)c1C(=O)OC(C)(C)C. The molecule has 1 atom stereocenters. The number of hydrazine groups is 1. The first-order valence-electron chi connectivity index (χ1n) is 17.6. The molecule has 0 radical (unpaired) electrons. The fourth-order valence-corrected chi connectivity index (χ4v) is 6.10. The van der Waals surface area contributed by atoms with Crippen LogP contribution >= 0.6 is 0 Å². The van der Waals surface area contributed by atoms with Gasteiger partial charge < -0.3 is 28.4 Å². The van der Waals surface area contributed by atoms with Crippen molar-refractivity contribution in [2.24, 2.45) is 0 Å². The Morgan fingerprint density at radius 1 is 0.660 bits per heavy atom. The minimum absolute atomic E-state index is 0.190. The molecule has 1 fully saturated rings. The zero-order valence-corrected chi connectivity index (χ0v) is 32.3. The molecular weight excluding hydrogens is 676 g/mol. The lowest BCUT2D eigenvalue weighted by Crippen LogP contribution is -2.39. The second-order valence-corrected chi connectivity index (χ2v) is 14.7. The van der Waals surface area contributed by atoms with Crippen molar-refractivity contribution >= 4 is 17.8 Å². The van der Waals surface area contributed by atoms with Gasteiger partial charge in [-0.2, -0.15) is 0 Å². The van der Waals surface area contributed by atoms with Gasteiger partial charge in [-0.25, -0.2) is 20.0 Å². The highest BCUT2D eigenvalue weighted by molar-refractivity contribution is 5.98. The lowest BCUT2D eigenvalue weighted by atomic mass is 9.97. The zero-order valence-electron chi connectivity index (χ0n) is 32.3. The van der Waals surface area contributed by atoms with Gasteiger partial charge in [0.1, 0.15) is 51.1 Å². The zero-order chi connectivity index (χ0) is 38.5. The first kappa shape index (κ1) is 38.9. The maximum Gasteiger partial charge on any atom is 0.346 e. The van der Waals surface area contributed by atoms with Crippen LogP contribution in [0.1, 0.15) is 86.7 Å². The van der Waals surface area contributed by atoms with Crippen molar-refractivity contribution < 1.29 is 38.0 Å². The van der Waals surface area contributed by atoms with Crippen molar-refractivity contribution in [2.75, 3.05) is 46.5 Å². The van der Waals surface area contributed by atoms with Crippen LogP contribution in [0.2, 0.25) is 0 Å². The number of methoxy groups -OCH3 is 4. The summed E-state index contributed by atoms with van der Waals surface area (Å²) in [5, 5.41) is 2.07. The molecule has 3 heterocycles. The van der Waals surface area contributed by atoms with E-state index in [0.29, 0.717) is 29.5 Å². The molecule has 1 N–H and O–H groups in total. The maximum atomic E-state index is 13.0. The van der Waals surface area contributed by atoms with Crippen molar-refractivity contribution in [3.8, 4) is 45.3 Å². The fraction of sp³-hybridized carbons (Fsp3) is 0.415. The number of aromatic nitrogens is 2. The summed E-state index contributed by atoms with van der Waals surface area (Å²) in [6.45, 7) is 12.3. The molecule has 1 aliphatic rings. The molecule has 4 aromatic rings. The van der Waals surface area contributed by atoms with Crippen LogP contribution in [0.5, 0.6) is 23.0 Å². The molecule has 1 aliphatic heterocycles. The van der Waals surface area contributed by atoms with Gasteiger partial charge in [0.2, 0.25) is 0 Å².